The number of piperidine rings is 1. The van der Waals surface area contributed by atoms with Crippen LogP contribution in [0.15, 0.2) is 6.20 Å². The largest absolute Gasteiger partial charge is 0.296 e. The van der Waals surface area contributed by atoms with E-state index in [-0.39, 0.29) is 23.7 Å². The third-order valence-corrected chi connectivity index (χ3v) is 3.99. The molecule has 0 radical (unpaired) electrons. The molecule has 16 heavy (non-hydrogen) atoms. The minimum Gasteiger partial charge on any atom is -0.296 e. The Morgan fingerprint density at radius 1 is 1.62 bits per heavy atom. The number of halogens is 1. The Balaban J connectivity index is 2.29. The molecule has 1 aromatic rings. The lowest BCUT2D eigenvalue weighted by Gasteiger charge is -2.27. The highest BCUT2D eigenvalue weighted by molar-refractivity contribution is 7.15. The molecular weight excluding hydrogens is 248 g/mol. The molecule has 0 aromatic carbocycles. The lowest BCUT2D eigenvalue weighted by Crippen LogP contribution is -2.44. The summed E-state index contributed by atoms with van der Waals surface area (Å²) in [4.78, 5) is 27.1. The molecule has 1 aliphatic rings. The van der Waals surface area contributed by atoms with E-state index in [1.54, 1.807) is 6.20 Å². The Kier molecular flexibility index (Phi) is 3.25. The minimum atomic E-state index is -0.231. The Bertz CT molecular complexity index is 432. The summed E-state index contributed by atoms with van der Waals surface area (Å²) in [6, 6.07) is 0. The molecule has 1 aromatic heterocycles. The van der Waals surface area contributed by atoms with Crippen molar-refractivity contribution < 1.29 is 9.59 Å². The molecule has 2 atom stereocenters. The Morgan fingerprint density at radius 3 is 2.94 bits per heavy atom. The number of carbonyl (C=O) groups excluding carboxylic acids is 2. The molecule has 6 heteroatoms. The van der Waals surface area contributed by atoms with Crippen molar-refractivity contribution in [2.75, 3.05) is 0 Å². The summed E-state index contributed by atoms with van der Waals surface area (Å²) in [5.74, 6) is -0.732. The van der Waals surface area contributed by atoms with Gasteiger partial charge in [0.15, 0.2) is 0 Å². The summed E-state index contributed by atoms with van der Waals surface area (Å²) in [5.41, 5.74) is 0. The van der Waals surface area contributed by atoms with Crippen molar-refractivity contribution in [2.24, 2.45) is 5.92 Å². The van der Waals surface area contributed by atoms with Crippen molar-refractivity contribution in [2.45, 2.75) is 25.7 Å². The molecule has 0 saturated carbocycles. The maximum atomic E-state index is 11.6. The lowest BCUT2D eigenvalue weighted by atomic mass is 9.84. The van der Waals surface area contributed by atoms with Crippen LogP contribution in [0.5, 0.6) is 0 Å². The van der Waals surface area contributed by atoms with Crippen molar-refractivity contribution >= 4 is 34.8 Å². The van der Waals surface area contributed by atoms with E-state index in [1.807, 2.05) is 6.92 Å². The molecule has 4 nitrogen and oxygen atoms in total. The van der Waals surface area contributed by atoms with Crippen LogP contribution in [-0.2, 0) is 9.59 Å². The van der Waals surface area contributed by atoms with Crippen LogP contribution < -0.4 is 5.32 Å². The van der Waals surface area contributed by atoms with Gasteiger partial charge in [-0.15, -0.1) is 11.3 Å². The van der Waals surface area contributed by atoms with Crippen LogP contribution >= 0.6 is 22.9 Å². The molecule has 0 spiro atoms. The molecule has 0 bridgehead atoms. The van der Waals surface area contributed by atoms with Gasteiger partial charge in [-0.3, -0.25) is 14.9 Å². The zero-order valence-electron chi connectivity index (χ0n) is 8.70. The van der Waals surface area contributed by atoms with E-state index in [4.69, 9.17) is 11.6 Å². The first-order chi connectivity index (χ1) is 7.61. The van der Waals surface area contributed by atoms with Gasteiger partial charge in [-0.25, -0.2) is 4.98 Å². The first kappa shape index (κ1) is 11.5. The molecule has 1 saturated heterocycles. The molecular formula is C10H11ClN2O2S. The van der Waals surface area contributed by atoms with E-state index in [1.165, 1.54) is 11.3 Å². The van der Waals surface area contributed by atoms with E-state index >= 15 is 0 Å². The van der Waals surface area contributed by atoms with Crippen LogP contribution in [0, 0.1) is 5.92 Å². The number of thiazole rings is 1. The van der Waals surface area contributed by atoms with Gasteiger partial charge in [-0.2, -0.15) is 0 Å². The molecule has 1 fully saturated rings. The van der Waals surface area contributed by atoms with Gasteiger partial charge in [-0.1, -0.05) is 18.5 Å². The normalized spacial score (nSPS) is 25.6. The smallest absolute Gasteiger partial charge is 0.230 e. The fourth-order valence-electron chi connectivity index (χ4n) is 1.97. The van der Waals surface area contributed by atoms with Crippen LogP contribution in [-0.4, -0.2) is 16.8 Å². The number of hydrogen-bond donors (Lipinski definition) is 1. The van der Waals surface area contributed by atoms with Gasteiger partial charge in [0, 0.05) is 18.3 Å². The first-order valence-electron chi connectivity index (χ1n) is 5.06. The quantitative estimate of drug-likeness (QED) is 0.825. The van der Waals surface area contributed by atoms with Gasteiger partial charge in [-0.05, 0) is 6.42 Å². The number of aromatic nitrogens is 1. The van der Waals surface area contributed by atoms with Crippen molar-refractivity contribution in [3.63, 3.8) is 0 Å². The predicted octanol–water partition coefficient (Wildman–Crippen LogP) is 1.95. The molecule has 86 valence electrons. The standard InChI is InChI=1S/C10H11ClN2O2S/c1-2-5-6(3-8(14)13-9(5)15)10-12-4-7(11)16-10/h4-6H,2-3H2,1H3,(H,13,14,15). The third-order valence-electron chi connectivity index (χ3n) is 2.74. The highest BCUT2D eigenvalue weighted by atomic mass is 35.5. The third kappa shape index (κ3) is 2.10. The maximum Gasteiger partial charge on any atom is 0.230 e. The van der Waals surface area contributed by atoms with Gasteiger partial charge in [0.1, 0.15) is 4.34 Å². The number of rotatable bonds is 2. The summed E-state index contributed by atoms with van der Waals surface area (Å²) in [7, 11) is 0. The number of imide groups is 1. The highest BCUT2D eigenvalue weighted by Gasteiger charge is 2.37. The predicted molar refractivity (Wildman–Crippen MR) is 61.4 cm³/mol. The summed E-state index contributed by atoms with van der Waals surface area (Å²) < 4.78 is 0.586. The van der Waals surface area contributed by atoms with E-state index in [0.29, 0.717) is 17.2 Å². The van der Waals surface area contributed by atoms with Crippen LogP contribution in [0.1, 0.15) is 30.7 Å². The van der Waals surface area contributed by atoms with Gasteiger partial charge in [0.2, 0.25) is 11.8 Å². The lowest BCUT2D eigenvalue weighted by molar-refractivity contribution is -0.137. The number of amides is 2. The molecule has 2 amide bonds. The van der Waals surface area contributed by atoms with Crippen molar-refractivity contribution in [1.29, 1.82) is 0 Å². The highest BCUT2D eigenvalue weighted by Crippen LogP contribution is 2.36. The van der Waals surface area contributed by atoms with Crippen molar-refractivity contribution in [3.05, 3.63) is 15.5 Å². The number of nitrogens with one attached hydrogen (secondary N) is 1. The van der Waals surface area contributed by atoms with Gasteiger partial charge >= 0.3 is 0 Å². The second kappa shape index (κ2) is 4.51. The zero-order chi connectivity index (χ0) is 11.7. The molecule has 2 rings (SSSR count). The molecule has 0 aliphatic carbocycles. The summed E-state index contributed by atoms with van der Waals surface area (Å²) in [6.45, 7) is 1.93. The van der Waals surface area contributed by atoms with Crippen LogP contribution in [0.4, 0.5) is 0 Å². The average molecular weight is 259 g/mol. The number of carbonyl (C=O) groups is 2. The second-order valence-electron chi connectivity index (χ2n) is 3.74. The Labute approximate surface area is 102 Å². The Morgan fingerprint density at radius 2 is 2.38 bits per heavy atom. The second-order valence-corrected chi connectivity index (χ2v) is 5.43. The fraction of sp³-hybridized carbons (Fsp3) is 0.500. The van der Waals surface area contributed by atoms with E-state index in [9.17, 15) is 9.59 Å². The molecule has 1 aliphatic heterocycles. The van der Waals surface area contributed by atoms with Crippen LogP contribution in [0.3, 0.4) is 0 Å². The van der Waals surface area contributed by atoms with E-state index in [2.05, 4.69) is 10.3 Å². The van der Waals surface area contributed by atoms with Crippen LogP contribution in [0.25, 0.3) is 0 Å². The number of hydrogen-bond acceptors (Lipinski definition) is 4. The SMILES string of the molecule is CCC1C(=O)NC(=O)CC1c1ncc(Cl)s1. The zero-order valence-corrected chi connectivity index (χ0v) is 10.3. The molecule has 2 unspecified atom stereocenters. The van der Waals surface area contributed by atoms with Gasteiger partial charge in [0.05, 0.1) is 11.2 Å². The van der Waals surface area contributed by atoms with Gasteiger partial charge < -0.3 is 0 Å². The fourth-order valence-corrected chi connectivity index (χ4v) is 3.07. The number of nitrogens with zero attached hydrogens (tertiary/aromatic N) is 1. The van der Waals surface area contributed by atoms with E-state index in [0.717, 1.165) is 5.01 Å². The average Bonchev–Trinajstić information content (AvgIpc) is 2.63. The monoisotopic (exact) mass is 258 g/mol. The topological polar surface area (TPSA) is 59.1 Å². The summed E-state index contributed by atoms with van der Waals surface area (Å²) >= 11 is 7.15. The first-order valence-corrected chi connectivity index (χ1v) is 6.26. The summed E-state index contributed by atoms with van der Waals surface area (Å²) in [5, 5.41) is 3.13. The molecule has 2 heterocycles. The van der Waals surface area contributed by atoms with Crippen molar-refractivity contribution in [1.82, 2.24) is 10.3 Å². The maximum absolute atomic E-state index is 11.6. The van der Waals surface area contributed by atoms with Crippen LogP contribution in [0.2, 0.25) is 4.34 Å². The van der Waals surface area contributed by atoms with Gasteiger partial charge in [0.25, 0.3) is 0 Å². The van der Waals surface area contributed by atoms with Crippen molar-refractivity contribution in [3.8, 4) is 0 Å². The minimum absolute atomic E-state index is 0.122. The Hall–Kier alpha value is -0.940. The van der Waals surface area contributed by atoms with E-state index < -0.39 is 0 Å². The molecule has 1 N–H and O–H groups in total. The summed E-state index contributed by atoms with van der Waals surface area (Å²) in [6.07, 6.45) is 2.57.